The van der Waals surface area contributed by atoms with Gasteiger partial charge in [0.15, 0.2) is 0 Å². The van der Waals surface area contributed by atoms with Gasteiger partial charge in [0.05, 0.1) is 0 Å². The van der Waals surface area contributed by atoms with Crippen molar-refractivity contribution in [3.63, 3.8) is 0 Å². The third-order valence-electron chi connectivity index (χ3n) is 4.13. The largest absolute Gasteiger partial charge is 0.370 e. The third-order valence-corrected chi connectivity index (χ3v) is 4.13. The van der Waals surface area contributed by atoms with Crippen LogP contribution in [0.25, 0.3) is 0 Å². The highest BCUT2D eigenvalue weighted by Crippen LogP contribution is 2.20. The van der Waals surface area contributed by atoms with E-state index in [1.165, 1.54) is 38.5 Å². The van der Waals surface area contributed by atoms with Gasteiger partial charge in [0, 0.05) is 24.3 Å². The van der Waals surface area contributed by atoms with E-state index in [0.717, 1.165) is 37.0 Å². The molecule has 0 unspecified atom stereocenters. The Hall–Kier alpha value is -1.36. The molecule has 0 aliphatic heterocycles. The Bertz CT molecular complexity index is 439. The highest BCUT2D eigenvalue weighted by Gasteiger charge is 2.13. The molecule has 1 heterocycles. The summed E-state index contributed by atoms with van der Waals surface area (Å²) < 4.78 is 0. The van der Waals surface area contributed by atoms with Crippen LogP contribution in [-0.4, -0.2) is 48.1 Å². The number of nitrogens with zero attached hydrogens (tertiary/aromatic N) is 3. The van der Waals surface area contributed by atoms with Crippen molar-refractivity contribution in [1.29, 1.82) is 0 Å². The summed E-state index contributed by atoms with van der Waals surface area (Å²) in [6, 6.07) is 2.55. The van der Waals surface area contributed by atoms with Gasteiger partial charge in [-0.05, 0) is 46.8 Å². The number of hydrogen-bond donors (Lipinski definition) is 2. The monoisotopic (exact) mass is 305 g/mol. The average Bonchev–Trinajstić information content (AvgIpc) is 2.71. The fourth-order valence-electron chi connectivity index (χ4n) is 2.94. The van der Waals surface area contributed by atoms with Gasteiger partial charge < -0.3 is 15.5 Å². The summed E-state index contributed by atoms with van der Waals surface area (Å²) >= 11 is 0. The van der Waals surface area contributed by atoms with Gasteiger partial charge in [-0.3, -0.25) is 0 Å². The van der Waals surface area contributed by atoms with Crippen LogP contribution >= 0.6 is 0 Å². The van der Waals surface area contributed by atoms with E-state index >= 15 is 0 Å². The molecule has 1 aromatic heterocycles. The molecule has 2 rings (SSSR count). The second-order valence-corrected chi connectivity index (χ2v) is 6.63. The lowest BCUT2D eigenvalue weighted by Gasteiger charge is -2.17. The molecule has 0 saturated heterocycles. The van der Waals surface area contributed by atoms with Gasteiger partial charge in [0.2, 0.25) is 5.95 Å². The minimum Gasteiger partial charge on any atom is -0.370 e. The third kappa shape index (κ3) is 6.18. The molecule has 0 amide bonds. The molecule has 0 atom stereocenters. The molecule has 124 valence electrons. The van der Waals surface area contributed by atoms with Crippen molar-refractivity contribution in [2.45, 2.75) is 57.9 Å². The molecule has 5 nitrogen and oxygen atoms in total. The number of rotatable bonds is 7. The van der Waals surface area contributed by atoms with Crippen LogP contribution in [0, 0.1) is 6.92 Å². The van der Waals surface area contributed by atoms with Gasteiger partial charge in [-0.2, -0.15) is 4.98 Å². The summed E-state index contributed by atoms with van der Waals surface area (Å²) in [5, 5.41) is 6.95. The molecule has 2 N–H and O–H groups in total. The second-order valence-electron chi connectivity index (χ2n) is 6.63. The van der Waals surface area contributed by atoms with E-state index < -0.39 is 0 Å². The highest BCUT2D eigenvalue weighted by atomic mass is 15.2. The topological polar surface area (TPSA) is 53.1 Å². The van der Waals surface area contributed by atoms with Crippen LogP contribution in [0.15, 0.2) is 6.07 Å². The molecule has 1 aromatic rings. The van der Waals surface area contributed by atoms with Crippen molar-refractivity contribution in [2.24, 2.45) is 0 Å². The van der Waals surface area contributed by atoms with Crippen LogP contribution in [-0.2, 0) is 0 Å². The van der Waals surface area contributed by atoms with Crippen LogP contribution in [0.3, 0.4) is 0 Å². The van der Waals surface area contributed by atoms with E-state index in [1.807, 2.05) is 13.0 Å². The van der Waals surface area contributed by atoms with Crippen LogP contribution in [0.2, 0.25) is 0 Å². The zero-order valence-corrected chi connectivity index (χ0v) is 14.4. The van der Waals surface area contributed by atoms with Crippen molar-refractivity contribution in [2.75, 3.05) is 37.8 Å². The Morgan fingerprint density at radius 2 is 1.86 bits per heavy atom. The van der Waals surface area contributed by atoms with E-state index in [-0.39, 0.29) is 0 Å². The first kappa shape index (κ1) is 17.0. The molecule has 0 bridgehead atoms. The number of aromatic nitrogens is 2. The standard InChI is InChI=1S/C17H31N5/c1-14-13-16(18-11-8-12-22(2)3)21-17(19-14)20-15-9-6-4-5-7-10-15/h13,15H,4-12H2,1-3H3,(H2,18,19,20,21). The molecular weight excluding hydrogens is 274 g/mol. The molecule has 1 aliphatic rings. The maximum absolute atomic E-state index is 4.63. The smallest absolute Gasteiger partial charge is 0.225 e. The average molecular weight is 305 g/mol. The van der Waals surface area contributed by atoms with Crippen LogP contribution < -0.4 is 10.6 Å². The van der Waals surface area contributed by atoms with Gasteiger partial charge in [-0.25, -0.2) is 4.98 Å². The summed E-state index contributed by atoms with van der Waals surface area (Å²) in [5.41, 5.74) is 1.02. The molecule has 0 spiro atoms. The first-order valence-corrected chi connectivity index (χ1v) is 8.64. The lowest BCUT2D eigenvalue weighted by Crippen LogP contribution is -2.21. The van der Waals surface area contributed by atoms with Gasteiger partial charge >= 0.3 is 0 Å². The molecule has 0 radical (unpaired) electrons. The van der Waals surface area contributed by atoms with E-state index in [9.17, 15) is 0 Å². The maximum atomic E-state index is 4.63. The normalized spacial score (nSPS) is 16.5. The van der Waals surface area contributed by atoms with E-state index in [0.29, 0.717) is 6.04 Å². The summed E-state index contributed by atoms with van der Waals surface area (Å²) in [4.78, 5) is 11.4. The van der Waals surface area contributed by atoms with Gasteiger partial charge in [-0.15, -0.1) is 0 Å². The molecular formula is C17H31N5. The van der Waals surface area contributed by atoms with Gasteiger partial charge in [0.25, 0.3) is 0 Å². The lowest BCUT2D eigenvalue weighted by molar-refractivity contribution is 0.405. The van der Waals surface area contributed by atoms with Gasteiger partial charge in [0.1, 0.15) is 5.82 Å². The zero-order chi connectivity index (χ0) is 15.8. The minimum atomic E-state index is 0.533. The molecule has 22 heavy (non-hydrogen) atoms. The fourth-order valence-corrected chi connectivity index (χ4v) is 2.94. The van der Waals surface area contributed by atoms with Crippen molar-refractivity contribution >= 4 is 11.8 Å². The molecule has 1 aliphatic carbocycles. The summed E-state index contributed by atoms with van der Waals surface area (Å²) in [6.45, 7) is 4.06. The molecule has 1 fully saturated rings. The summed E-state index contributed by atoms with van der Waals surface area (Å²) in [5.74, 6) is 1.71. The van der Waals surface area contributed by atoms with E-state index in [1.54, 1.807) is 0 Å². The van der Waals surface area contributed by atoms with E-state index in [4.69, 9.17) is 0 Å². The van der Waals surface area contributed by atoms with Gasteiger partial charge in [-0.1, -0.05) is 25.7 Å². The lowest BCUT2D eigenvalue weighted by atomic mass is 10.1. The summed E-state index contributed by atoms with van der Waals surface area (Å²) in [6.07, 6.45) is 8.96. The Morgan fingerprint density at radius 1 is 1.14 bits per heavy atom. The van der Waals surface area contributed by atoms with Crippen LogP contribution in [0.4, 0.5) is 11.8 Å². The van der Waals surface area contributed by atoms with E-state index in [2.05, 4.69) is 39.6 Å². The minimum absolute atomic E-state index is 0.533. The number of aryl methyl sites for hydroxylation is 1. The van der Waals surface area contributed by atoms with Crippen molar-refractivity contribution in [3.8, 4) is 0 Å². The SMILES string of the molecule is Cc1cc(NCCCN(C)C)nc(NC2CCCCCC2)n1. The summed E-state index contributed by atoms with van der Waals surface area (Å²) in [7, 11) is 4.20. The second kappa shape index (κ2) is 8.93. The first-order valence-electron chi connectivity index (χ1n) is 8.64. The fraction of sp³-hybridized carbons (Fsp3) is 0.765. The molecule has 5 heteroatoms. The Balaban J connectivity index is 1.88. The Kier molecular flexibility index (Phi) is 6.90. The Labute approximate surface area is 134 Å². The number of nitrogens with one attached hydrogen (secondary N) is 2. The van der Waals surface area contributed by atoms with Crippen molar-refractivity contribution in [1.82, 2.24) is 14.9 Å². The predicted octanol–water partition coefficient (Wildman–Crippen LogP) is 3.28. The highest BCUT2D eigenvalue weighted by molar-refractivity contribution is 5.42. The van der Waals surface area contributed by atoms with Crippen molar-refractivity contribution < 1.29 is 0 Å². The van der Waals surface area contributed by atoms with Crippen molar-refractivity contribution in [3.05, 3.63) is 11.8 Å². The quantitative estimate of drug-likeness (QED) is 0.598. The number of anilines is 2. The molecule has 1 saturated carbocycles. The maximum Gasteiger partial charge on any atom is 0.225 e. The van der Waals surface area contributed by atoms with Crippen LogP contribution in [0.5, 0.6) is 0 Å². The zero-order valence-electron chi connectivity index (χ0n) is 14.4. The Morgan fingerprint density at radius 3 is 2.55 bits per heavy atom. The van der Waals surface area contributed by atoms with Crippen LogP contribution in [0.1, 0.15) is 50.6 Å². The number of hydrogen-bond acceptors (Lipinski definition) is 5. The predicted molar refractivity (Wildman–Crippen MR) is 93.5 cm³/mol. The molecule has 0 aromatic carbocycles. The first-order chi connectivity index (χ1) is 10.6.